The van der Waals surface area contributed by atoms with Crippen LogP contribution in [0.4, 0.5) is 10.1 Å². The highest BCUT2D eigenvalue weighted by molar-refractivity contribution is 5.57. The first-order chi connectivity index (χ1) is 9.01. The molecule has 1 unspecified atom stereocenters. The maximum Gasteiger partial charge on any atom is 0.273 e. The Bertz CT molecular complexity index is 614. The van der Waals surface area contributed by atoms with Crippen LogP contribution in [-0.2, 0) is 0 Å². The third kappa shape index (κ3) is 2.74. The minimum atomic E-state index is -0.731. The van der Waals surface area contributed by atoms with E-state index < -0.39 is 10.7 Å². The molecule has 1 atom stereocenters. The van der Waals surface area contributed by atoms with Crippen molar-refractivity contribution >= 4 is 5.69 Å². The number of nitro groups is 1. The fraction of sp³-hybridized carbons (Fsp3) is 0.273. The number of rotatable bonds is 4. The van der Waals surface area contributed by atoms with E-state index in [4.69, 9.17) is 4.42 Å². The Hall–Kier alpha value is -2.35. The topological polar surface area (TPSA) is 94.1 Å². The molecule has 0 aliphatic carbocycles. The highest BCUT2D eigenvalue weighted by Crippen LogP contribution is 2.25. The first-order valence-corrected chi connectivity index (χ1v) is 5.47. The SMILES string of the molecule is CNC(C)c1nnc(-c2cc(F)cc([N+](=O)[O-])c2)o1. The van der Waals surface area contributed by atoms with E-state index in [0.717, 1.165) is 12.1 Å². The van der Waals surface area contributed by atoms with Crippen molar-refractivity contribution in [2.45, 2.75) is 13.0 Å². The molecule has 0 spiro atoms. The largest absolute Gasteiger partial charge is 0.419 e. The number of nitrogens with one attached hydrogen (secondary N) is 1. The number of hydrogen-bond acceptors (Lipinski definition) is 6. The number of nitro benzene ring substituents is 1. The molecule has 0 fully saturated rings. The van der Waals surface area contributed by atoms with Crippen LogP contribution < -0.4 is 5.32 Å². The molecular weight excluding hydrogens is 255 g/mol. The standard InChI is InChI=1S/C11H11FN4O3/c1-6(13-2)10-14-15-11(19-10)7-3-8(12)5-9(4-7)16(17)18/h3-6,13H,1-2H3. The second-order valence-corrected chi connectivity index (χ2v) is 3.91. The number of hydrogen-bond donors (Lipinski definition) is 1. The van der Waals surface area contributed by atoms with E-state index in [0.29, 0.717) is 5.89 Å². The molecule has 19 heavy (non-hydrogen) atoms. The Balaban J connectivity index is 2.41. The number of halogens is 1. The van der Waals surface area contributed by atoms with Crippen molar-refractivity contribution in [3.63, 3.8) is 0 Å². The normalized spacial score (nSPS) is 12.4. The van der Waals surface area contributed by atoms with Crippen LogP contribution in [0.25, 0.3) is 11.5 Å². The lowest BCUT2D eigenvalue weighted by atomic mass is 10.2. The number of benzene rings is 1. The van der Waals surface area contributed by atoms with E-state index >= 15 is 0 Å². The van der Waals surface area contributed by atoms with Gasteiger partial charge in [0, 0.05) is 11.6 Å². The highest BCUT2D eigenvalue weighted by atomic mass is 19.1. The van der Waals surface area contributed by atoms with E-state index in [-0.39, 0.29) is 23.2 Å². The summed E-state index contributed by atoms with van der Waals surface area (Å²) < 4.78 is 18.6. The molecule has 0 saturated carbocycles. The molecular formula is C11H11FN4O3. The zero-order valence-corrected chi connectivity index (χ0v) is 10.3. The summed E-state index contributed by atoms with van der Waals surface area (Å²) >= 11 is 0. The van der Waals surface area contributed by atoms with Gasteiger partial charge in [0.1, 0.15) is 5.82 Å². The lowest BCUT2D eigenvalue weighted by Gasteiger charge is -2.02. The summed E-state index contributed by atoms with van der Waals surface area (Å²) in [5.41, 5.74) is -0.190. The van der Waals surface area contributed by atoms with Gasteiger partial charge in [-0.05, 0) is 20.0 Å². The summed E-state index contributed by atoms with van der Waals surface area (Å²) in [4.78, 5) is 9.98. The van der Waals surface area contributed by atoms with E-state index in [9.17, 15) is 14.5 Å². The van der Waals surface area contributed by atoms with Crippen molar-refractivity contribution < 1.29 is 13.7 Å². The van der Waals surface area contributed by atoms with Gasteiger partial charge in [-0.25, -0.2) is 4.39 Å². The minimum Gasteiger partial charge on any atom is -0.419 e. The van der Waals surface area contributed by atoms with Gasteiger partial charge in [0.2, 0.25) is 11.8 Å². The first-order valence-electron chi connectivity index (χ1n) is 5.47. The molecule has 1 aromatic carbocycles. The number of aromatic nitrogens is 2. The van der Waals surface area contributed by atoms with E-state index in [1.807, 2.05) is 6.92 Å². The summed E-state index contributed by atoms with van der Waals surface area (Å²) in [6.07, 6.45) is 0. The zero-order valence-electron chi connectivity index (χ0n) is 10.3. The maximum absolute atomic E-state index is 13.3. The molecule has 0 aliphatic heterocycles. The molecule has 2 rings (SSSR count). The fourth-order valence-electron chi connectivity index (χ4n) is 1.45. The average molecular weight is 266 g/mol. The van der Waals surface area contributed by atoms with Crippen molar-refractivity contribution in [2.24, 2.45) is 0 Å². The van der Waals surface area contributed by atoms with Gasteiger partial charge in [-0.2, -0.15) is 0 Å². The van der Waals surface area contributed by atoms with Crippen molar-refractivity contribution in [1.82, 2.24) is 15.5 Å². The molecule has 7 nitrogen and oxygen atoms in total. The predicted molar refractivity (Wildman–Crippen MR) is 63.8 cm³/mol. The molecule has 2 aromatic rings. The zero-order chi connectivity index (χ0) is 14.0. The van der Waals surface area contributed by atoms with Crippen LogP contribution in [0.5, 0.6) is 0 Å². The van der Waals surface area contributed by atoms with Crippen LogP contribution >= 0.6 is 0 Å². The van der Waals surface area contributed by atoms with E-state index in [2.05, 4.69) is 15.5 Å². The van der Waals surface area contributed by atoms with Gasteiger partial charge < -0.3 is 9.73 Å². The molecule has 0 bridgehead atoms. The van der Waals surface area contributed by atoms with Crippen LogP contribution in [0, 0.1) is 15.9 Å². The van der Waals surface area contributed by atoms with Crippen LogP contribution in [-0.4, -0.2) is 22.2 Å². The van der Waals surface area contributed by atoms with Gasteiger partial charge in [0.15, 0.2) is 0 Å². The van der Waals surface area contributed by atoms with Gasteiger partial charge in [-0.1, -0.05) is 0 Å². The summed E-state index contributed by atoms with van der Waals surface area (Å²) in [6, 6.07) is 2.96. The van der Waals surface area contributed by atoms with Crippen molar-refractivity contribution in [2.75, 3.05) is 7.05 Å². The third-order valence-corrected chi connectivity index (χ3v) is 2.58. The minimum absolute atomic E-state index is 0.0414. The van der Waals surface area contributed by atoms with Crippen LogP contribution in [0.15, 0.2) is 22.6 Å². The molecule has 1 aromatic heterocycles. The monoisotopic (exact) mass is 266 g/mol. The third-order valence-electron chi connectivity index (χ3n) is 2.58. The molecule has 0 amide bonds. The average Bonchev–Trinajstić information content (AvgIpc) is 2.86. The fourth-order valence-corrected chi connectivity index (χ4v) is 1.45. The number of non-ortho nitro benzene ring substituents is 1. The Morgan fingerprint density at radius 3 is 2.79 bits per heavy atom. The molecule has 100 valence electrons. The predicted octanol–water partition coefficient (Wildman–Crippen LogP) is 2.06. The molecule has 0 radical (unpaired) electrons. The van der Waals surface area contributed by atoms with Crippen molar-refractivity contribution in [3.05, 3.63) is 40.0 Å². The van der Waals surface area contributed by atoms with Gasteiger partial charge in [-0.3, -0.25) is 10.1 Å². The Morgan fingerprint density at radius 2 is 2.16 bits per heavy atom. The van der Waals surface area contributed by atoms with Crippen molar-refractivity contribution in [3.8, 4) is 11.5 Å². The van der Waals surface area contributed by atoms with E-state index in [1.54, 1.807) is 7.05 Å². The van der Waals surface area contributed by atoms with Gasteiger partial charge in [-0.15, -0.1) is 10.2 Å². The Labute approximate surface area is 107 Å². The van der Waals surface area contributed by atoms with Crippen LogP contribution in [0.1, 0.15) is 18.9 Å². The lowest BCUT2D eigenvalue weighted by molar-refractivity contribution is -0.385. The Kier molecular flexibility index (Phi) is 3.52. The molecule has 1 N–H and O–H groups in total. The second kappa shape index (κ2) is 5.11. The Morgan fingerprint density at radius 1 is 1.42 bits per heavy atom. The van der Waals surface area contributed by atoms with Crippen molar-refractivity contribution in [1.29, 1.82) is 0 Å². The summed E-state index contributed by atoms with van der Waals surface area (Å²) in [5, 5.41) is 21.1. The molecule has 0 saturated heterocycles. The maximum atomic E-state index is 13.3. The quantitative estimate of drug-likeness (QED) is 0.672. The summed E-state index contributed by atoms with van der Waals surface area (Å²) in [7, 11) is 1.72. The van der Waals surface area contributed by atoms with Crippen LogP contribution in [0.3, 0.4) is 0 Å². The molecule has 0 aliphatic rings. The highest BCUT2D eigenvalue weighted by Gasteiger charge is 2.17. The van der Waals surface area contributed by atoms with Gasteiger partial charge in [0.05, 0.1) is 17.0 Å². The second-order valence-electron chi connectivity index (χ2n) is 3.91. The smallest absolute Gasteiger partial charge is 0.273 e. The molecule has 8 heteroatoms. The number of nitrogens with zero attached hydrogens (tertiary/aromatic N) is 3. The van der Waals surface area contributed by atoms with Gasteiger partial charge >= 0.3 is 0 Å². The summed E-state index contributed by atoms with van der Waals surface area (Å²) in [5.74, 6) is -0.366. The molecule has 1 heterocycles. The first kappa shape index (κ1) is 13.1. The van der Waals surface area contributed by atoms with E-state index in [1.165, 1.54) is 6.07 Å². The van der Waals surface area contributed by atoms with Crippen LogP contribution in [0.2, 0.25) is 0 Å². The van der Waals surface area contributed by atoms with Gasteiger partial charge in [0.25, 0.3) is 5.69 Å². The lowest BCUT2D eigenvalue weighted by Crippen LogP contribution is -2.12. The summed E-state index contributed by atoms with van der Waals surface area (Å²) in [6.45, 7) is 1.81.